The fourth-order valence-corrected chi connectivity index (χ4v) is 3.98. The largest absolute Gasteiger partial charge is 0.394 e. The standard InChI is InChI=1S/C18H32O16/c19-1-4-7(22)9(24)12(27)16(30-4)33-15-6(3-21)32-18(14(29)11(15)26)34-17-13(28)10(25)8(23)5(2-20)31-17/h4-29H,1-3H2/t4-,5-,6-,7-,8-,9+,10+,11-,12-,13-,14-,15-,16+,17-,18-/m1/s1. The Bertz CT molecular complexity index is 635. The number of rotatable bonds is 7. The highest BCUT2D eigenvalue weighted by atomic mass is 16.8. The van der Waals surface area contributed by atoms with E-state index in [9.17, 15) is 56.2 Å². The SMILES string of the molecule is OC[C@H]1O[C@@H](O[C@H]2[C@H](O)[C@@H](O)[C@@H](O[C@H]3O[C@H](CO)[C@@H](O)[C@H](O)[C@H]3O)O[C@@H]2CO)[C@H](O)[C@@H](O)[C@@H]1O. The van der Waals surface area contributed by atoms with Crippen molar-refractivity contribution >= 4 is 0 Å². The molecule has 0 bridgehead atoms. The molecular weight excluding hydrogens is 472 g/mol. The van der Waals surface area contributed by atoms with Crippen molar-refractivity contribution in [3.63, 3.8) is 0 Å². The van der Waals surface area contributed by atoms with E-state index in [1.54, 1.807) is 0 Å². The molecular formula is C18H32O16. The molecule has 200 valence electrons. The summed E-state index contributed by atoms with van der Waals surface area (Å²) >= 11 is 0. The van der Waals surface area contributed by atoms with Gasteiger partial charge >= 0.3 is 0 Å². The lowest BCUT2D eigenvalue weighted by Gasteiger charge is -2.47. The zero-order valence-electron chi connectivity index (χ0n) is 17.7. The summed E-state index contributed by atoms with van der Waals surface area (Å²) in [6, 6.07) is 0. The fraction of sp³-hybridized carbons (Fsp3) is 1.00. The quantitative estimate of drug-likeness (QED) is 0.154. The molecule has 16 heteroatoms. The second-order valence-electron chi connectivity index (χ2n) is 8.34. The minimum atomic E-state index is -1.91. The topological polar surface area (TPSA) is 269 Å². The molecule has 0 aliphatic carbocycles. The molecule has 3 saturated heterocycles. The molecule has 0 unspecified atom stereocenters. The molecule has 0 amide bonds. The molecule has 11 N–H and O–H groups in total. The number of ether oxygens (including phenoxy) is 5. The van der Waals surface area contributed by atoms with E-state index >= 15 is 0 Å². The first kappa shape index (κ1) is 27.9. The van der Waals surface area contributed by atoms with E-state index in [1.807, 2.05) is 0 Å². The van der Waals surface area contributed by atoms with Gasteiger partial charge in [0, 0.05) is 0 Å². The van der Waals surface area contributed by atoms with Crippen molar-refractivity contribution in [1.82, 2.24) is 0 Å². The summed E-state index contributed by atoms with van der Waals surface area (Å²) in [4.78, 5) is 0. The predicted octanol–water partition coefficient (Wildman–Crippen LogP) is -7.57. The van der Waals surface area contributed by atoms with Gasteiger partial charge in [0.15, 0.2) is 18.9 Å². The molecule has 0 aromatic carbocycles. The van der Waals surface area contributed by atoms with Gasteiger partial charge in [-0.2, -0.15) is 0 Å². The van der Waals surface area contributed by atoms with Crippen molar-refractivity contribution in [3.05, 3.63) is 0 Å². The first-order valence-corrected chi connectivity index (χ1v) is 10.6. The summed E-state index contributed by atoms with van der Waals surface area (Å²) in [6.45, 7) is -2.30. The van der Waals surface area contributed by atoms with Gasteiger partial charge in [-0.3, -0.25) is 0 Å². The monoisotopic (exact) mass is 504 g/mol. The first-order valence-electron chi connectivity index (χ1n) is 10.6. The Morgan fingerprint density at radius 2 is 0.765 bits per heavy atom. The molecule has 0 aromatic heterocycles. The average Bonchev–Trinajstić information content (AvgIpc) is 2.83. The second kappa shape index (κ2) is 11.6. The van der Waals surface area contributed by atoms with Crippen LogP contribution in [-0.2, 0) is 23.7 Å². The Labute approximate surface area is 192 Å². The molecule has 0 aromatic rings. The van der Waals surface area contributed by atoms with Crippen molar-refractivity contribution < 1.29 is 79.9 Å². The summed E-state index contributed by atoms with van der Waals surface area (Å²) in [7, 11) is 0. The van der Waals surface area contributed by atoms with Crippen LogP contribution in [-0.4, -0.2) is 168 Å². The summed E-state index contributed by atoms with van der Waals surface area (Å²) in [6.07, 6.45) is -25.1. The average molecular weight is 504 g/mol. The molecule has 3 rings (SSSR count). The third-order valence-electron chi connectivity index (χ3n) is 6.08. The third-order valence-corrected chi connectivity index (χ3v) is 6.08. The van der Waals surface area contributed by atoms with Crippen molar-refractivity contribution in [2.24, 2.45) is 0 Å². The Balaban J connectivity index is 1.69. The van der Waals surface area contributed by atoms with Gasteiger partial charge in [-0.15, -0.1) is 0 Å². The van der Waals surface area contributed by atoms with Crippen LogP contribution in [0, 0.1) is 0 Å². The molecule has 3 aliphatic rings. The normalized spacial score (nSPS) is 52.5. The molecule has 0 spiro atoms. The number of aliphatic hydroxyl groups excluding tert-OH is 11. The van der Waals surface area contributed by atoms with E-state index in [0.29, 0.717) is 0 Å². The van der Waals surface area contributed by atoms with E-state index in [1.165, 1.54) is 0 Å². The van der Waals surface area contributed by atoms with Crippen molar-refractivity contribution in [3.8, 4) is 0 Å². The van der Waals surface area contributed by atoms with Crippen molar-refractivity contribution in [1.29, 1.82) is 0 Å². The van der Waals surface area contributed by atoms with Gasteiger partial charge in [0.05, 0.1) is 19.8 Å². The zero-order chi connectivity index (χ0) is 25.3. The van der Waals surface area contributed by atoms with Crippen LogP contribution in [0.1, 0.15) is 0 Å². The van der Waals surface area contributed by atoms with Crippen LogP contribution in [0.5, 0.6) is 0 Å². The first-order chi connectivity index (χ1) is 16.0. The van der Waals surface area contributed by atoms with Crippen LogP contribution >= 0.6 is 0 Å². The van der Waals surface area contributed by atoms with Gasteiger partial charge in [-0.1, -0.05) is 0 Å². The molecule has 3 heterocycles. The van der Waals surface area contributed by atoms with Crippen LogP contribution in [0.2, 0.25) is 0 Å². The van der Waals surface area contributed by atoms with Crippen LogP contribution in [0.3, 0.4) is 0 Å². The smallest absolute Gasteiger partial charge is 0.189 e. The van der Waals surface area contributed by atoms with Crippen LogP contribution < -0.4 is 0 Å². The lowest BCUT2D eigenvalue weighted by Crippen LogP contribution is -2.66. The van der Waals surface area contributed by atoms with Crippen LogP contribution in [0.15, 0.2) is 0 Å². The summed E-state index contributed by atoms with van der Waals surface area (Å²) in [5.74, 6) is 0. The molecule has 3 fully saturated rings. The van der Waals surface area contributed by atoms with Gasteiger partial charge in [0.25, 0.3) is 0 Å². The van der Waals surface area contributed by atoms with Crippen LogP contribution in [0.4, 0.5) is 0 Å². The van der Waals surface area contributed by atoms with Gasteiger partial charge in [0.2, 0.25) is 0 Å². The van der Waals surface area contributed by atoms with Gasteiger partial charge in [-0.05, 0) is 0 Å². The highest BCUT2D eigenvalue weighted by molar-refractivity contribution is 4.95. The zero-order valence-corrected chi connectivity index (χ0v) is 17.7. The Kier molecular flexibility index (Phi) is 9.54. The Morgan fingerprint density at radius 1 is 0.412 bits per heavy atom. The Hall–Kier alpha value is -0.640. The molecule has 0 radical (unpaired) electrons. The summed E-state index contributed by atoms with van der Waals surface area (Å²) in [5.41, 5.74) is 0. The third kappa shape index (κ3) is 5.37. The summed E-state index contributed by atoms with van der Waals surface area (Å²) in [5, 5.41) is 109. The van der Waals surface area contributed by atoms with Gasteiger partial charge in [-0.25, -0.2) is 0 Å². The van der Waals surface area contributed by atoms with Gasteiger partial charge in [0.1, 0.15) is 73.2 Å². The van der Waals surface area contributed by atoms with E-state index < -0.39 is 112 Å². The predicted molar refractivity (Wildman–Crippen MR) is 101 cm³/mol. The molecule has 34 heavy (non-hydrogen) atoms. The lowest BCUT2D eigenvalue weighted by molar-refractivity contribution is -0.391. The Morgan fingerprint density at radius 3 is 1.18 bits per heavy atom. The number of aliphatic hydroxyl groups is 11. The minimum Gasteiger partial charge on any atom is -0.394 e. The van der Waals surface area contributed by atoms with Crippen LogP contribution in [0.25, 0.3) is 0 Å². The van der Waals surface area contributed by atoms with E-state index in [0.717, 1.165) is 0 Å². The molecule has 16 nitrogen and oxygen atoms in total. The summed E-state index contributed by atoms with van der Waals surface area (Å²) < 4.78 is 26.5. The number of hydrogen-bond acceptors (Lipinski definition) is 16. The molecule has 3 aliphatic heterocycles. The maximum atomic E-state index is 10.6. The minimum absolute atomic E-state index is 0.740. The van der Waals surface area contributed by atoms with E-state index in [4.69, 9.17) is 23.7 Å². The fourth-order valence-electron chi connectivity index (χ4n) is 3.98. The molecule has 0 saturated carbocycles. The highest BCUT2D eigenvalue weighted by Crippen LogP contribution is 2.31. The highest BCUT2D eigenvalue weighted by Gasteiger charge is 2.52. The van der Waals surface area contributed by atoms with E-state index in [2.05, 4.69) is 0 Å². The second-order valence-corrected chi connectivity index (χ2v) is 8.34. The van der Waals surface area contributed by atoms with E-state index in [-0.39, 0.29) is 0 Å². The lowest BCUT2D eigenvalue weighted by atomic mass is 9.96. The van der Waals surface area contributed by atoms with Crippen molar-refractivity contribution in [2.45, 2.75) is 92.1 Å². The number of hydrogen-bond donors (Lipinski definition) is 11. The molecule has 15 atom stereocenters. The van der Waals surface area contributed by atoms with Gasteiger partial charge < -0.3 is 79.9 Å². The maximum Gasteiger partial charge on any atom is 0.189 e. The maximum absolute atomic E-state index is 10.6. The van der Waals surface area contributed by atoms with Crippen molar-refractivity contribution in [2.75, 3.05) is 19.8 Å².